The van der Waals surface area contributed by atoms with Crippen LogP contribution in [0.1, 0.15) is 18.9 Å². The summed E-state index contributed by atoms with van der Waals surface area (Å²) in [5.41, 5.74) is 2.56. The average molecular weight is 380 g/mol. The molecule has 1 aromatic carbocycles. The van der Waals surface area contributed by atoms with Crippen molar-refractivity contribution in [1.29, 1.82) is 5.26 Å². The fourth-order valence-corrected chi connectivity index (χ4v) is 4.55. The number of morpholine rings is 1. The van der Waals surface area contributed by atoms with Gasteiger partial charge in [0.25, 0.3) is 0 Å². The maximum Gasteiger partial charge on any atom is 0.101 e. The molecule has 0 saturated carbocycles. The van der Waals surface area contributed by atoms with Crippen molar-refractivity contribution in [2.45, 2.75) is 31.6 Å². The molecule has 3 atom stereocenters. The predicted molar refractivity (Wildman–Crippen MR) is 112 cm³/mol. The topological polar surface area (TPSA) is 55.6 Å². The van der Waals surface area contributed by atoms with Gasteiger partial charge in [0.05, 0.1) is 23.3 Å². The molecule has 6 heteroatoms. The van der Waals surface area contributed by atoms with Gasteiger partial charge in [0.1, 0.15) is 6.07 Å². The number of likely N-dealkylation sites (tertiary alicyclic amines) is 1. The fourth-order valence-electron chi connectivity index (χ4n) is 4.55. The number of nitrogens with zero attached hydrogens (tertiary/aromatic N) is 5. The van der Waals surface area contributed by atoms with Crippen LogP contribution in [0.2, 0.25) is 0 Å². The number of hydrogen-bond donors (Lipinski definition) is 0. The van der Waals surface area contributed by atoms with Gasteiger partial charge in [0, 0.05) is 49.5 Å². The van der Waals surface area contributed by atoms with Crippen LogP contribution in [0.3, 0.4) is 0 Å². The zero-order chi connectivity index (χ0) is 19.7. The normalized spacial score (nSPS) is 26.1. The van der Waals surface area contributed by atoms with Gasteiger partial charge in [0.15, 0.2) is 0 Å². The lowest BCUT2D eigenvalue weighted by atomic mass is 10.1. The van der Waals surface area contributed by atoms with Crippen LogP contribution in [0.4, 0.5) is 5.69 Å². The molecule has 2 fully saturated rings. The van der Waals surface area contributed by atoms with Crippen LogP contribution in [-0.4, -0.2) is 79.9 Å². The number of benzene rings is 1. The van der Waals surface area contributed by atoms with Crippen molar-refractivity contribution in [1.82, 2.24) is 14.8 Å². The molecule has 0 aliphatic carbocycles. The van der Waals surface area contributed by atoms with E-state index in [1.54, 1.807) is 6.20 Å². The van der Waals surface area contributed by atoms with E-state index < -0.39 is 0 Å². The van der Waals surface area contributed by atoms with E-state index in [0.29, 0.717) is 11.6 Å². The molecule has 0 N–H and O–H groups in total. The highest BCUT2D eigenvalue weighted by Crippen LogP contribution is 2.30. The summed E-state index contributed by atoms with van der Waals surface area (Å²) < 4.78 is 6.29. The summed E-state index contributed by atoms with van der Waals surface area (Å²) >= 11 is 0. The predicted octanol–water partition coefficient (Wildman–Crippen LogP) is 2.34. The zero-order valence-electron chi connectivity index (χ0n) is 17.0. The Hall–Kier alpha value is -2.20. The van der Waals surface area contributed by atoms with E-state index in [1.807, 2.05) is 12.1 Å². The molecule has 1 aromatic heterocycles. The van der Waals surface area contributed by atoms with E-state index >= 15 is 0 Å². The standard InChI is InChI=1S/C22H29N5O/c1-16-12-27(15-19(28-16)14-26-10-8-18(13-26)25(2)3)21-7-6-17(11-23)22-20(21)5-4-9-24-22/h4-7,9,16,18-19H,8,10,12-15H2,1-3H3/t16-,18?,19+/m1/s1. The molecular weight excluding hydrogens is 350 g/mol. The van der Waals surface area contributed by atoms with E-state index in [1.165, 1.54) is 6.42 Å². The lowest BCUT2D eigenvalue weighted by Gasteiger charge is -2.40. The van der Waals surface area contributed by atoms with E-state index in [4.69, 9.17) is 4.74 Å². The maximum absolute atomic E-state index is 9.41. The Labute approximate surface area is 167 Å². The molecule has 0 bridgehead atoms. The van der Waals surface area contributed by atoms with Gasteiger partial charge >= 0.3 is 0 Å². The highest BCUT2D eigenvalue weighted by atomic mass is 16.5. The number of fused-ring (bicyclic) bond motifs is 1. The molecule has 0 amide bonds. The highest BCUT2D eigenvalue weighted by molar-refractivity contribution is 5.95. The summed E-state index contributed by atoms with van der Waals surface area (Å²) in [5, 5.41) is 10.5. The number of anilines is 1. The van der Waals surface area contributed by atoms with Gasteiger partial charge in [0.2, 0.25) is 0 Å². The van der Waals surface area contributed by atoms with Crippen molar-refractivity contribution in [3.8, 4) is 6.07 Å². The summed E-state index contributed by atoms with van der Waals surface area (Å²) in [6.07, 6.45) is 3.34. The number of nitriles is 1. The lowest BCUT2D eigenvalue weighted by Crippen LogP contribution is -2.50. The molecule has 0 radical (unpaired) electrons. The van der Waals surface area contributed by atoms with Crippen LogP contribution in [0, 0.1) is 11.3 Å². The molecule has 0 spiro atoms. The Bertz CT molecular complexity index is 877. The molecule has 2 aromatic rings. The number of pyridine rings is 1. The highest BCUT2D eigenvalue weighted by Gasteiger charge is 2.31. The Balaban J connectivity index is 1.53. The minimum absolute atomic E-state index is 0.174. The number of hydrogen-bond acceptors (Lipinski definition) is 6. The van der Waals surface area contributed by atoms with E-state index in [-0.39, 0.29) is 12.2 Å². The molecule has 6 nitrogen and oxygen atoms in total. The third-order valence-corrected chi connectivity index (χ3v) is 5.97. The van der Waals surface area contributed by atoms with Crippen LogP contribution in [-0.2, 0) is 4.74 Å². The van der Waals surface area contributed by atoms with Crippen LogP contribution in [0.15, 0.2) is 30.5 Å². The largest absolute Gasteiger partial charge is 0.370 e. The second-order valence-electron chi connectivity index (χ2n) is 8.28. The molecular formula is C22H29N5O. The second kappa shape index (κ2) is 8.04. The molecule has 28 heavy (non-hydrogen) atoms. The Morgan fingerprint density at radius 2 is 2.11 bits per heavy atom. The summed E-state index contributed by atoms with van der Waals surface area (Å²) in [5.74, 6) is 0. The van der Waals surface area contributed by atoms with Gasteiger partial charge in [-0.15, -0.1) is 0 Å². The van der Waals surface area contributed by atoms with Crippen molar-refractivity contribution >= 4 is 16.6 Å². The number of rotatable bonds is 4. The van der Waals surface area contributed by atoms with Gasteiger partial charge in [-0.2, -0.15) is 5.26 Å². The van der Waals surface area contributed by atoms with Gasteiger partial charge in [-0.05, 0) is 58.3 Å². The Morgan fingerprint density at radius 3 is 2.86 bits per heavy atom. The first-order valence-corrected chi connectivity index (χ1v) is 10.1. The smallest absolute Gasteiger partial charge is 0.101 e. The minimum atomic E-state index is 0.174. The third kappa shape index (κ3) is 3.83. The van der Waals surface area contributed by atoms with Crippen molar-refractivity contribution in [3.63, 3.8) is 0 Å². The first-order valence-electron chi connectivity index (χ1n) is 10.1. The molecule has 148 valence electrons. The van der Waals surface area contributed by atoms with E-state index in [0.717, 1.165) is 49.3 Å². The van der Waals surface area contributed by atoms with Crippen LogP contribution >= 0.6 is 0 Å². The summed E-state index contributed by atoms with van der Waals surface area (Å²) in [7, 11) is 4.33. The summed E-state index contributed by atoms with van der Waals surface area (Å²) in [6.45, 7) is 7.09. The second-order valence-corrected chi connectivity index (χ2v) is 8.28. The zero-order valence-corrected chi connectivity index (χ0v) is 17.0. The van der Waals surface area contributed by atoms with Crippen molar-refractivity contribution < 1.29 is 4.74 Å². The number of aromatic nitrogens is 1. The van der Waals surface area contributed by atoms with Crippen LogP contribution in [0.25, 0.3) is 10.9 Å². The Morgan fingerprint density at radius 1 is 1.25 bits per heavy atom. The number of ether oxygens (including phenoxy) is 1. The molecule has 1 unspecified atom stereocenters. The van der Waals surface area contributed by atoms with Crippen molar-refractivity contribution in [2.24, 2.45) is 0 Å². The van der Waals surface area contributed by atoms with Crippen molar-refractivity contribution in [3.05, 3.63) is 36.0 Å². The van der Waals surface area contributed by atoms with Crippen LogP contribution in [0.5, 0.6) is 0 Å². The Kier molecular flexibility index (Phi) is 5.49. The SMILES string of the molecule is C[C@@H]1CN(c2ccc(C#N)c3ncccc23)C[C@H](CN2CCC(N(C)C)C2)O1. The first kappa shape index (κ1) is 19.1. The van der Waals surface area contributed by atoms with Gasteiger partial charge in [-0.25, -0.2) is 0 Å². The maximum atomic E-state index is 9.41. The third-order valence-electron chi connectivity index (χ3n) is 5.97. The molecule has 3 heterocycles. The molecule has 2 saturated heterocycles. The van der Waals surface area contributed by atoms with Crippen LogP contribution < -0.4 is 4.90 Å². The molecule has 2 aliphatic rings. The number of likely N-dealkylation sites (N-methyl/N-ethyl adjacent to an activating group) is 1. The summed E-state index contributed by atoms with van der Waals surface area (Å²) in [6, 6.07) is 10.9. The van der Waals surface area contributed by atoms with E-state index in [2.05, 4.69) is 58.9 Å². The molecule has 4 rings (SSSR count). The van der Waals surface area contributed by atoms with Gasteiger partial charge < -0.3 is 14.5 Å². The minimum Gasteiger partial charge on any atom is -0.370 e. The van der Waals surface area contributed by atoms with Gasteiger partial charge in [-0.3, -0.25) is 9.88 Å². The summed E-state index contributed by atoms with van der Waals surface area (Å²) in [4.78, 5) is 11.7. The quantitative estimate of drug-likeness (QED) is 0.813. The first-order chi connectivity index (χ1) is 13.5. The molecule has 2 aliphatic heterocycles. The van der Waals surface area contributed by atoms with Crippen molar-refractivity contribution in [2.75, 3.05) is 51.7 Å². The fraction of sp³-hybridized carbons (Fsp3) is 0.545. The van der Waals surface area contributed by atoms with E-state index in [9.17, 15) is 5.26 Å². The monoisotopic (exact) mass is 379 g/mol. The van der Waals surface area contributed by atoms with Gasteiger partial charge in [-0.1, -0.05) is 0 Å². The lowest BCUT2D eigenvalue weighted by molar-refractivity contribution is -0.0299. The average Bonchev–Trinajstić information content (AvgIpc) is 3.15.